The van der Waals surface area contributed by atoms with E-state index in [0.717, 1.165) is 0 Å². The lowest BCUT2D eigenvalue weighted by Crippen LogP contribution is -2.27. The van der Waals surface area contributed by atoms with E-state index >= 15 is 0 Å². The number of hydrogen-bond acceptors (Lipinski definition) is 4. The van der Waals surface area contributed by atoms with Gasteiger partial charge in [-0.25, -0.2) is 0 Å². The van der Waals surface area contributed by atoms with Gasteiger partial charge in [0.15, 0.2) is 0 Å². The number of ether oxygens (including phenoxy) is 1. The topological polar surface area (TPSA) is 81.5 Å². The summed E-state index contributed by atoms with van der Waals surface area (Å²) in [5, 5.41) is 8.34. The molecule has 0 aromatic rings. The van der Waals surface area contributed by atoms with Crippen LogP contribution in [-0.2, 0) is 4.74 Å². The summed E-state index contributed by atoms with van der Waals surface area (Å²) in [7, 11) is 0. The Labute approximate surface area is 54.8 Å². The number of rotatable bonds is 5. The second-order valence-corrected chi connectivity index (χ2v) is 1.71. The predicted molar refractivity (Wildman–Crippen MR) is 34.7 cm³/mol. The van der Waals surface area contributed by atoms with E-state index in [-0.39, 0.29) is 12.8 Å². The maximum atomic E-state index is 8.34. The molecule has 0 saturated heterocycles. The Morgan fingerprint density at radius 1 is 1.56 bits per heavy atom. The summed E-state index contributed by atoms with van der Waals surface area (Å²) in [6.45, 7) is 0.992. The Bertz CT molecular complexity index is 60.9. The molecule has 0 radical (unpaired) electrons. The van der Waals surface area contributed by atoms with Crippen molar-refractivity contribution in [3.05, 3.63) is 0 Å². The second-order valence-electron chi connectivity index (χ2n) is 1.71. The van der Waals surface area contributed by atoms with Gasteiger partial charge in [0, 0.05) is 19.6 Å². The van der Waals surface area contributed by atoms with Crippen LogP contribution in [0.25, 0.3) is 0 Å². The lowest BCUT2D eigenvalue weighted by atomic mass is 10.4. The molecule has 0 aromatic carbocycles. The van der Waals surface area contributed by atoms with Crippen molar-refractivity contribution in [2.24, 2.45) is 11.5 Å². The summed E-state index contributed by atoms with van der Waals surface area (Å²) >= 11 is 0. The van der Waals surface area contributed by atoms with Crippen molar-refractivity contribution in [3.8, 4) is 0 Å². The van der Waals surface area contributed by atoms with Crippen LogP contribution in [0.2, 0.25) is 0 Å². The van der Waals surface area contributed by atoms with E-state index in [1.807, 2.05) is 0 Å². The Morgan fingerprint density at radius 3 is 2.67 bits per heavy atom. The minimum absolute atomic E-state index is 0.0612. The van der Waals surface area contributed by atoms with Crippen molar-refractivity contribution < 1.29 is 9.84 Å². The normalized spacial score (nSPS) is 13.7. The van der Waals surface area contributed by atoms with Gasteiger partial charge in [0.1, 0.15) is 6.23 Å². The first kappa shape index (κ1) is 8.84. The van der Waals surface area contributed by atoms with Crippen LogP contribution in [0.4, 0.5) is 0 Å². The molecule has 9 heavy (non-hydrogen) atoms. The highest BCUT2D eigenvalue weighted by Gasteiger charge is 1.97. The molecule has 0 amide bonds. The fourth-order valence-electron chi connectivity index (χ4n) is 0.430. The molecular weight excluding hydrogens is 120 g/mol. The van der Waals surface area contributed by atoms with Crippen LogP contribution in [0.3, 0.4) is 0 Å². The SMILES string of the molecule is NCCOC(N)CCO. The molecule has 0 bridgehead atoms. The molecule has 1 unspecified atom stereocenters. The van der Waals surface area contributed by atoms with Crippen molar-refractivity contribution in [2.45, 2.75) is 12.6 Å². The highest BCUT2D eigenvalue weighted by atomic mass is 16.5. The highest BCUT2D eigenvalue weighted by molar-refractivity contribution is 4.45. The summed E-state index contributed by atoms with van der Waals surface area (Å²) in [6, 6.07) is 0. The largest absolute Gasteiger partial charge is 0.396 e. The molecule has 0 heterocycles. The average Bonchev–Trinajstić information content (AvgIpc) is 1.85. The highest BCUT2D eigenvalue weighted by Crippen LogP contribution is 1.86. The van der Waals surface area contributed by atoms with Gasteiger partial charge in [-0.05, 0) is 0 Å². The van der Waals surface area contributed by atoms with Crippen LogP contribution in [0.1, 0.15) is 6.42 Å². The van der Waals surface area contributed by atoms with E-state index in [0.29, 0.717) is 19.6 Å². The van der Waals surface area contributed by atoms with Crippen LogP contribution in [0, 0.1) is 0 Å². The number of hydrogen-bond donors (Lipinski definition) is 3. The first-order valence-corrected chi connectivity index (χ1v) is 2.99. The van der Waals surface area contributed by atoms with Crippen molar-refractivity contribution in [1.29, 1.82) is 0 Å². The van der Waals surface area contributed by atoms with Gasteiger partial charge in [-0.2, -0.15) is 0 Å². The summed E-state index contributed by atoms with van der Waals surface area (Å²) in [5.41, 5.74) is 10.5. The van der Waals surface area contributed by atoms with Crippen molar-refractivity contribution >= 4 is 0 Å². The quantitative estimate of drug-likeness (QED) is 0.405. The Morgan fingerprint density at radius 2 is 2.22 bits per heavy atom. The average molecular weight is 134 g/mol. The first-order valence-electron chi connectivity index (χ1n) is 2.99. The van der Waals surface area contributed by atoms with Crippen LogP contribution < -0.4 is 11.5 Å². The van der Waals surface area contributed by atoms with E-state index in [1.165, 1.54) is 0 Å². The van der Waals surface area contributed by atoms with Gasteiger partial charge in [0.25, 0.3) is 0 Å². The van der Waals surface area contributed by atoms with Crippen molar-refractivity contribution in [2.75, 3.05) is 19.8 Å². The fourth-order valence-corrected chi connectivity index (χ4v) is 0.430. The summed E-state index contributed by atoms with van der Waals surface area (Å²) < 4.78 is 4.92. The van der Waals surface area contributed by atoms with Gasteiger partial charge in [0.2, 0.25) is 0 Å². The Hall–Kier alpha value is -0.160. The molecule has 1 atom stereocenters. The van der Waals surface area contributed by atoms with Gasteiger partial charge in [0.05, 0.1) is 6.61 Å². The van der Waals surface area contributed by atoms with E-state index in [2.05, 4.69) is 0 Å². The molecule has 4 nitrogen and oxygen atoms in total. The Balaban J connectivity index is 2.95. The molecule has 0 aliphatic carbocycles. The van der Waals surface area contributed by atoms with Crippen LogP contribution in [-0.4, -0.2) is 31.1 Å². The molecule has 0 rings (SSSR count). The van der Waals surface area contributed by atoms with E-state index in [4.69, 9.17) is 21.3 Å². The third-order valence-electron chi connectivity index (χ3n) is 0.863. The van der Waals surface area contributed by atoms with E-state index in [1.54, 1.807) is 0 Å². The molecule has 56 valence electrons. The zero-order chi connectivity index (χ0) is 7.11. The molecule has 4 heteroatoms. The van der Waals surface area contributed by atoms with Gasteiger partial charge < -0.3 is 21.3 Å². The zero-order valence-electron chi connectivity index (χ0n) is 5.42. The maximum absolute atomic E-state index is 8.34. The molecule has 0 fully saturated rings. The predicted octanol–water partition coefficient (Wildman–Crippen LogP) is -1.37. The van der Waals surface area contributed by atoms with Crippen molar-refractivity contribution in [1.82, 2.24) is 0 Å². The molecule has 0 aliphatic heterocycles. The van der Waals surface area contributed by atoms with Gasteiger partial charge >= 0.3 is 0 Å². The number of aliphatic hydroxyl groups is 1. The molecule has 0 aliphatic rings. The van der Waals surface area contributed by atoms with E-state index in [9.17, 15) is 0 Å². The molecule has 5 N–H and O–H groups in total. The third-order valence-corrected chi connectivity index (χ3v) is 0.863. The lowest BCUT2D eigenvalue weighted by molar-refractivity contribution is 0.0450. The summed E-state index contributed by atoms with van der Waals surface area (Å²) in [5.74, 6) is 0. The smallest absolute Gasteiger partial charge is 0.107 e. The van der Waals surface area contributed by atoms with Crippen LogP contribution >= 0.6 is 0 Å². The molecule has 0 spiro atoms. The molecule has 0 aromatic heterocycles. The van der Waals surface area contributed by atoms with Gasteiger partial charge in [-0.1, -0.05) is 0 Å². The van der Waals surface area contributed by atoms with Gasteiger partial charge in [-0.15, -0.1) is 0 Å². The minimum Gasteiger partial charge on any atom is -0.396 e. The number of nitrogens with two attached hydrogens (primary N) is 2. The van der Waals surface area contributed by atoms with Crippen molar-refractivity contribution in [3.63, 3.8) is 0 Å². The van der Waals surface area contributed by atoms with Crippen LogP contribution in [0.5, 0.6) is 0 Å². The fraction of sp³-hybridized carbons (Fsp3) is 1.00. The second kappa shape index (κ2) is 5.97. The van der Waals surface area contributed by atoms with Crippen LogP contribution in [0.15, 0.2) is 0 Å². The summed E-state index contributed by atoms with van der Waals surface area (Å²) in [4.78, 5) is 0. The van der Waals surface area contributed by atoms with Gasteiger partial charge in [-0.3, -0.25) is 0 Å². The summed E-state index contributed by atoms with van der Waals surface area (Å²) in [6.07, 6.45) is 0.110. The zero-order valence-corrected chi connectivity index (χ0v) is 5.42. The minimum atomic E-state index is -0.362. The lowest BCUT2D eigenvalue weighted by Gasteiger charge is -2.09. The first-order chi connectivity index (χ1) is 4.31. The number of aliphatic hydroxyl groups excluding tert-OH is 1. The monoisotopic (exact) mass is 134 g/mol. The molecular formula is C5H14N2O2. The standard InChI is InChI=1S/C5H14N2O2/c6-2-4-9-5(7)1-3-8/h5,8H,1-4,6-7H2. The third kappa shape index (κ3) is 5.72. The maximum Gasteiger partial charge on any atom is 0.107 e. The van der Waals surface area contributed by atoms with E-state index < -0.39 is 0 Å². The molecule has 0 saturated carbocycles. The Kier molecular flexibility index (Phi) is 5.86.